The quantitative estimate of drug-likeness (QED) is 0.847. The second-order valence-corrected chi connectivity index (χ2v) is 7.88. The van der Waals surface area contributed by atoms with Gasteiger partial charge in [0.2, 0.25) is 0 Å². The minimum atomic E-state index is -0.464. The van der Waals surface area contributed by atoms with Crippen LogP contribution in [-0.2, 0) is 4.74 Å². The molecule has 136 valence electrons. The lowest BCUT2D eigenvalue weighted by Gasteiger charge is -2.34. The maximum absolute atomic E-state index is 12.3. The zero-order valence-corrected chi connectivity index (χ0v) is 15.4. The Morgan fingerprint density at radius 1 is 1.28 bits per heavy atom. The monoisotopic (exact) mass is 344 g/mol. The molecule has 0 radical (unpaired) electrons. The van der Waals surface area contributed by atoms with E-state index in [2.05, 4.69) is 27.4 Å². The average Bonchev–Trinajstić information content (AvgIpc) is 3.08. The van der Waals surface area contributed by atoms with E-state index in [0.717, 1.165) is 43.7 Å². The van der Waals surface area contributed by atoms with Crippen molar-refractivity contribution in [2.45, 2.75) is 64.0 Å². The highest BCUT2D eigenvalue weighted by atomic mass is 16.6. The normalized spacial score (nSPS) is 21.4. The number of aromatic nitrogens is 2. The number of hydrogen-bond acceptors (Lipinski definition) is 5. The van der Waals surface area contributed by atoms with Crippen LogP contribution in [0, 0.1) is 0 Å². The molecule has 1 saturated heterocycles. The van der Waals surface area contributed by atoms with Crippen molar-refractivity contribution in [3.63, 3.8) is 0 Å². The highest BCUT2D eigenvalue weighted by Crippen LogP contribution is 2.28. The van der Waals surface area contributed by atoms with Crippen molar-refractivity contribution in [2.24, 2.45) is 0 Å². The number of nitrogens with zero attached hydrogens (tertiary/aromatic N) is 3. The molecule has 0 bridgehead atoms. The van der Waals surface area contributed by atoms with Crippen molar-refractivity contribution in [1.82, 2.24) is 14.9 Å². The van der Waals surface area contributed by atoms with Gasteiger partial charge in [0.15, 0.2) is 0 Å². The summed E-state index contributed by atoms with van der Waals surface area (Å²) >= 11 is 0. The molecule has 0 saturated carbocycles. The Kier molecular flexibility index (Phi) is 5.25. The summed E-state index contributed by atoms with van der Waals surface area (Å²) in [6, 6.07) is 2.23. The minimum Gasteiger partial charge on any atom is -0.444 e. The van der Waals surface area contributed by atoms with Gasteiger partial charge in [-0.15, -0.1) is 0 Å². The van der Waals surface area contributed by atoms with Gasteiger partial charge in [0.05, 0.1) is 0 Å². The number of likely N-dealkylation sites (tertiary alicyclic amines) is 1. The molecule has 1 aromatic heterocycles. The summed E-state index contributed by atoms with van der Waals surface area (Å²) in [4.78, 5) is 22.8. The van der Waals surface area contributed by atoms with Crippen molar-refractivity contribution in [3.8, 4) is 0 Å². The fraction of sp³-hybridized carbons (Fsp3) is 0.632. The molecule has 0 aromatic carbocycles. The number of carbonyl (C=O) groups excluding carboxylic acids is 1. The Morgan fingerprint density at radius 2 is 2.04 bits per heavy atom. The molecule has 1 aromatic rings. The highest BCUT2D eigenvalue weighted by Gasteiger charge is 2.28. The van der Waals surface area contributed by atoms with Gasteiger partial charge in [-0.3, -0.25) is 0 Å². The van der Waals surface area contributed by atoms with E-state index in [0.29, 0.717) is 12.5 Å². The topological polar surface area (TPSA) is 67.3 Å². The van der Waals surface area contributed by atoms with Crippen LogP contribution in [0.1, 0.15) is 58.1 Å². The zero-order valence-electron chi connectivity index (χ0n) is 15.4. The van der Waals surface area contributed by atoms with Crippen LogP contribution >= 0.6 is 0 Å². The largest absolute Gasteiger partial charge is 0.444 e. The second-order valence-electron chi connectivity index (χ2n) is 7.88. The first-order valence-corrected chi connectivity index (χ1v) is 9.12. The molecule has 1 fully saturated rings. The number of hydrogen-bond donors (Lipinski definition) is 1. The lowest BCUT2D eigenvalue weighted by molar-refractivity contribution is 0.0206. The number of rotatable bonds is 3. The predicted molar refractivity (Wildman–Crippen MR) is 97.6 cm³/mol. The molecule has 1 unspecified atom stereocenters. The minimum absolute atomic E-state index is 0.186. The Labute approximate surface area is 149 Å². The van der Waals surface area contributed by atoms with Gasteiger partial charge in [0, 0.05) is 36.8 Å². The van der Waals surface area contributed by atoms with E-state index in [4.69, 9.17) is 4.74 Å². The van der Waals surface area contributed by atoms with E-state index in [9.17, 15) is 4.79 Å². The van der Waals surface area contributed by atoms with Crippen molar-refractivity contribution in [1.29, 1.82) is 0 Å². The summed E-state index contributed by atoms with van der Waals surface area (Å²) in [6.45, 7) is 7.07. The Balaban J connectivity index is 1.59. The molecule has 1 aliphatic heterocycles. The zero-order chi connectivity index (χ0) is 17.9. The number of nitrogens with one attached hydrogen (secondary N) is 1. The molecule has 1 atom stereocenters. The van der Waals surface area contributed by atoms with E-state index in [1.165, 1.54) is 0 Å². The summed E-state index contributed by atoms with van der Waals surface area (Å²) in [5.74, 6) is 1.31. The molecule has 1 aliphatic carbocycles. The lowest BCUT2D eigenvalue weighted by atomic mass is 10.0. The van der Waals surface area contributed by atoms with Gasteiger partial charge in [0.1, 0.15) is 17.7 Å². The molecule has 1 amide bonds. The van der Waals surface area contributed by atoms with Crippen LogP contribution in [-0.4, -0.2) is 45.7 Å². The van der Waals surface area contributed by atoms with Crippen LogP contribution in [0.3, 0.4) is 0 Å². The smallest absolute Gasteiger partial charge is 0.410 e. The average molecular weight is 344 g/mol. The highest BCUT2D eigenvalue weighted by molar-refractivity contribution is 5.68. The molecule has 3 rings (SSSR count). The SMILES string of the molecule is CC(C)(C)OC(=O)N1CCCC(Nc2cc(C3CC=CC3)ncn2)C1. The number of amides is 1. The maximum atomic E-state index is 12.3. The van der Waals surface area contributed by atoms with Crippen LogP contribution in [0.2, 0.25) is 0 Å². The van der Waals surface area contributed by atoms with Gasteiger partial charge < -0.3 is 15.0 Å². The molecule has 2 aliphatic rings. The summed E-state index contributed by atoms with van der Waals surface area (Å²) in [6.07, 6.45) is 9.88. The van der Waals surface area contributed by atoms with Crippen molar-refractivity contribution >= 4 is 11.9 Å². The molecule has 0 spiro atoms. The summed E-state index contributed by atoms with van der Waals surface area (Å²) in [5, 5.41) is 3.47. The third-order valence-corrected chi connectivity index (χ3v) is 4.54. The van der Waals surface area contributed by atoms with Crippen molar-refractivity contribution in [3.05, 3.63) is 30.2 Å². The van der Waals surface area contributed by atoms with Gasteiger partial charge in [-0.25, -0.2) is 14.8 Å². The van der Waals surface area contributed by atoms with Crippen LogP contribution in [0.25, 0.3) is 0 Å². The van der Waals surface area contributed by atoms with Crippen LogP contribution < -0.4 is 5.32 Å². The molecular weight excluding hydrogens is 316 g/mol. The van der Waals surface area contributed by atoms with Crippen molar-refractivity contribution < 1.29 is 9.53 Å². The lowest BCUT2D eigenvalue weighted by Crippen LogP contribution is -2.47. The first-order chi connectivity index (χ1) is 11.9. The maximum Gasteiger partial charge on any atom is 0.410 e. The molecular formula is C19H28N4O2. The van der Waals surface area contributed by atoms with Crippen LogP contribution in [0.5, 0.6) is 0 Å². The van der Waals surface area contributed by atoms with E-state index in [1.807, 2.05) is 26.8 Å². The molecule has 6 heteroatoms. The van der Waals surface area contributed by atoms with Gasteiger partial charge in [0.25, 0.3) is 0 Å². The standard InChI is InChI=1S/C19H28N4O2/c1-19(2,3)25-18(24)23-10-6-9-15(12-23)22-17-11-16(20-13-21-17)14-7-4-5-8-14/h4-5,11,13-15H,6-10,12H2,1-3H3,(H,20,21,22). The van der Waals surface area contributed by atoms with Crippen LogP contribution in [0.15, 0.2) is 24.5 Å². The Morgan fingerprint density at radius 3 is 2.76 bits per heavy atom. The fourth-order valence-corrected chi connectivity index (χ4v) is 3.33. The van der Waals surface area contributed by atoms with Gasteiger partial charge in [-0.2, -0.15) is 0 Å². The van der Waals surface area contributed by atoms with E-state index in [1.54, 1.807) is 11.2 Å². The van der Waals surface area contributed by atoms with E-state index >= 15 is 0 Å². The first-order valence-electron chi connectivity index (χ1n) is 9.12. The fourth-order valence-electron chi connectivity index (χ4n) is 3.33. The van der Waals surface area contributed by atoms with Crippen LogP contribution in [0.4, 0.5) is 10.6 Å². The second kappa shape index (κ2) is 7.42. The number of anilines is 1. The van der Waals surface area contributed by atoms with Crippen molar-refractivity contribution in [2.75, 3.05) is 18.4 Å². The Bertz CT molecular complexity index is 631. The summed E-state index contributed by atoms with van der Waals surface area (Å²) in [7, 11) is 0. The van der Waals surface area contributed by atoms with E-state index in [-0.39, 0.29) is 12.1 Å². The van der Waals surface area contributed by atoms with Gasteiger partial charge >= 0.3 is 6.09 Å². The number of piperidine rings is 1. The molecule has 2 heterocycles. The third-order valence-electron chi connectivity index (χ3n) is 4.54. The van der Waals surface area contributed by atoms with E-state index < -0.39 is 5.60 Å². The molecule has 25 heavy (non-hydrogen) atoms. The molecule has 1 N–H and O–H groups in total. The van der Waals surface area contributed by atoms with Gasteiger partial charge in [-0.1, -0.05) is 12.2 Å². The first kappa shape index (κ1) is 17.7. The van der Waals surface area contributed by atoms with Gasteiger partial charge in [-0.05, 0) is 46.5 Å². The number of allylic oxidation sites excluding steroid dienone is 2. The number of carbonyl (C=O) groups is 1. The summed E-state index contributed by atoms with van der Waals surface area (Å²) < 4.78 is 5.49. The third kappa shape index (κ3) is 4.94. The molecule has 6 nitrogen and oxygen atoms in total. The summed E-state index contributed by atoms with van der Waals surface area (Å²) in [5.41, 5.74) is 0.622. The number of ether oxygens (including phenoxy) is 1. The Hall–Kier alpha value is -2.11. The predicted octanol–water partition coefficient (Wildman–Crippen LogP) is 3.72.